The zero-order valence-corrected chi connectivity index (χ0v) is 10.6. The fraction of sp³-hybridized carbons (Fsp3) is 0.923. The topological polar surface area (TPSA) is 30.3 Å². The number of hydrogen-bond donors (Lipinski definition) is 0. The van der Waals surface area contributed by atoms with Crippen LogP contribution in [-0.2, 0) is 0 Å². The fourth-order valence-electron chi connectivity index (χ4n) is 2.60. The van der Waals surface area contributed by atoms with Crippen LogP contribution in [0.25, 0.3) is 0 Å². The third-order valence-corrected chi connectivity index (χ3v) is 4.18. The molecule has 1 saturated heterocycles. The molecule has 0 bridgehead atoms. The fourth-order valence-corrected chi connectivity index (χ4v) is 2.60. The van der Waals surface area contributed by atoms with Gasteiger partial charge in [-0.15, -0.1) is 0 Å². The van der Waals surface area contributed by atoms with Crippen LogP contribution >= 0.6 is 0 Å². The first-order valence-electron chi connectivity index (χ1n) is 6.50. The van der Waals surface area contributed by atoms with Crippen LogP contribution in [0, 0.1) is 17.2 Å². The highest BCUT2D eigenvalue weighted by Gasteiger charge is 2.30. The molecule has 3 nitrogen and oxygen atoms in total. The van der Waals surface area contributed by atoms with Crippen LogP contribution in [0.15, 0.2) is 0 Å². The normalized spacial score (nSPS) is 25.1. The van der Waals surface area contributed by atoms with Gasteiger partial charge in [-0.1, -0.05) is 6.42 Å². The summed E-state index contributed by atoms with van der Waals surface area (Å²) in [6.07, 6.45) is 4.31. The molecule has 2 aliphatic rings. The summed E-state index contributed by atoms with van der Waals surface area (Å²) in [5.41, 5.74) is -0.289. The second-order valence-electron chi connectivity index (χ2n) is 5.76. The Morgan fingerprint density at radius 2 is 1.81 bits per heavy atom. The van der Waals surface area contributed by atoms with Crippen LogP contribution in [-0.4, -0.2) is 48.1 Å². The maximum absolute atomic E-state index is 9.10. The van der Waals surface area contributed by atoms with Crippen molar-refractivity contribution in [2.24, 2.45) is 5.92 Å². The van der Waals surface area contributed by atoms with Crippen molar-refractivity contribution >= 4 is 0 Å². The Balaban J connectivity index is 1.76. The molecule has 0 atom stereocenters. The maximum atomic E-state index is 9.10. The Bertz CT molecular complexity index is 267. The van der Waals surface area contributed by atoms with Crippen LogP contribution in [0.2, 0.25) is 0 Å². The van der Waals surface area contributed by atoms with E-state index < -0.39 is 0 Å². The van der Waals surface area contributed by atoms with Gasteiger partial charge in [0, 0.05) is 32.7 Å². The lowest BCUT2D eigenvalue weighted by molar-refractivity contribution is 0.0624. The lowest BCUT2D eigenvalue weighted by atomic mass is 9.85. The number of hydrogen-bond acceptors (Lipinski definition) is 3. The first-order valence-corrected chi connectivity index (χ1v) is 6.50. The number of rotatable bonds is 3. The first kappa shape index (κ1) is 11.9. The number of piperazine rings is 1. The molecule has 3 heteroatoms. The van der Waals surface area contributed by atoms with Crippen LogP contribution in [0.3, 0.4) is 0 Å². The van der Waals surface area contributed by atoms with Crippen molar-refractivity contribution in [2.45, 2.75) is 38.6 Å². The van der Waals surface area contributed by atoms with E-state index in [1.165, 1.54) is 25.8 Å². The van der Waals surface area contributed by atoms with Gasteiger partial charge in [0.15, 0.2) is 0 Å². The molecule has 0 N–H and O–H groups in total. The maximum Gasteiger partial charge on any atom is 0.103 e. The first-order chi connectivity index (χ1) is 7.62. The van der Waals surface area contributed by atoms with E-state index in [1.807, 2.05) is 13.8 Å². The molecular formula is C13H23N3. The van der Waals surface area contributed by atoms with Crippen LogP contribution < -0.4 is 0 Å². The van der Waals surface area contributed by atoms with Crippen molar-refractivity contribution in [3.05, 3.63) is 0 Å². The Labute approximate surface area is 99.0 Å². The Kier molecular flexibility index (Phi) is 3.51. The Morgan fingerprint density at radius 3 is 2.25 bits per heavy atom. The van der Waals surface area contributed by atoms with E-state index in [4.69, 9.17) is 5.26 Å². The molecule has 0 aromatic rings. The Morgan fingerprint density at radius 1 is 1.19 bits per heavy atom. The zero-order valence-electron chi connectivity index (χ0n) is 10.6. The monoisotopic (exact) mass is 221 g/mol. The molecule has 0 unspecified atom stereocenters. The summed E-state index contributed by atoms with van der Waals surface area (Å²) in [6.45, 7) is 9.72. The van der Waals surface area contributed by atoms with E-state index in [2.05, 4.69) is 15.9 Å². The van der Waals surface area contributed by atoms with E-state index in [0.717, 1.165) is 32.1 Å². The van der Waals surface area contributed by atoms with Gasteiger partial charge in [-0.2, -0.15) is 5.26 Å². The van der Waals surface area contributed by atoms with Gasteiger partial charge in [-0.3, -0.25) is 4.90 Å². The van der Waals surface area contributed by atoms with Crippen molar-refractivity contribution in [1.82, 2.24) is 9.80 Å². The predicted octanol–water partition coefficient (Wildman–Crippen LogP) is 1.71. The van der Waals surface area contributed by atoms with Crippen molar-refractivity contribution in [3.8, 4) is 6.07 Å². The standard InChI is InChI=1S/C13H23N3/c1-13(2,11-14)16-8-6-15(7-9-16)10-12-4-3-5-12/h12H,3-10H2,1-2H3. The van der Waals surface area contributed by atoms with Gasteiger partial charge in [0.1, 0.15) is 5.54 Å². The van der Waals surface area contributed by atoms with Crippen LogP contribution in [0.5, 0.6) is 0 Å². The molecule has 1 aliphatic heterocycles. The quantitative estimate of drug-likeness (QED) is 0.727. The molecule has 90 valence electrons. The van der Waals surface area contributed by atoms with Crippen molar-refractivity contribution in [3.63, 3.8) is 0 Å². The van der Waals surface area contributed by atoms with Crippen LogP contribution in [0.1, 0.15) is 33.1 Å². The summed E-state index contributed by atoms with van der Waals surface area (Å²) in [5, 5.41) is 9.10. The largest absolute Gasteiger partial charge is 0.301 e. The van der Waals surface area contributed by atoms with E-state index in [0.29, 0.717) is 0 Å². The average Bonchev–Trinajstić information content (AvgIpc) is 2.24. The Hall–Kier alpha value is -0.590. The second-order valence-corrected chi connectivity index (χ2v) is 5.76. The summed E-state index contributed by atoms with van der Waals surface area (Å²) >= 11 is 0. The lowest BCUT2D eigenvalue weighted by Crippen LogP contribution is -2.54. The van der Waals surface area contributed by atoms with Gasteiger partial charge in [-0.05, 0) is 32.6 Å². The molecule has 0 aromatic carbocycles. The summed E-state index contributed by atoms with van der Waals surface area (Å²) in [4.78, 5) is 4.89. The SMILES string of the molecule is CC(C)(C#N)N1CCN(CC2CCC2)CC1. The summed E-state index contributed by atoms with van der Waals surface area (Å²) in [5.74, 6) is 0.968. The van der Waals surface area contributed by atoms with Gasteiger partial charge in [0.05, 0.1) is 6.07 Å². The molecular weight excluding hydrogens is 198 g/mol. The summed E-state index contributed by atoms with van der Waals surface area (Å²) in [6, 6.07) is 2.40. The van der Waals surface area contributed by atoms with Crippen LogP contribution in [0.4, 0.5) is 0 Å². The van der Waals surface area contributed by atoms with Gasteiger partial charge in [0.25, 0.3) is 0 Å². The van der Waals surface area contributed by atoms with E-state index >= 15 is 0 Å². The lowest BCUT2D eigenvalue weighted by Gasteiger charge is -2.42. The van der Waals surface area contributed by atoms with E-state index in [9.17, 15) is 0 Å². The highest BCUT2D eigenvalue weighted by molar-refractivity contribution is 5.02. The van der Waals surface area contributed by atoms with E-state index in [-0.39, 0.29) is 5.54 Å². The minimum absolute atomic E-state index is 0.289. The van der Waals surface area contributed by atoms with E-state index in [1.54, 1.807) is 0 Å². The third kappa shape index (κ3) is 2.56. The second kappa shape index (κ2) is 4.73. The number of nitrogens with zero attached hydrogens (tertiary/aromatic N) is 3. The number of nitriles is 1. The molecule has 0 spiro atoms. The molecule has 1 saturated carbocycles. The molecule has 2 fully saturated rings. The van der Waals surface area contributed by atoms with Crippen molar-refractivity contribution in [2.75, 3.05) is 32.7 Å². The molecule has 0 radical (unpaired) electrons. The molecule has 1 heterocycles. The smallest absolute Gasteiger partial charge is 0.103 e. The predicted molar refractivity (Wildman–Crippen MR) is 65.0 cm³/mol. The minimum Gasteiger partial charge on any atom is -0.301 e. The molecule has 2 rings (SSSR count). The third-order valence-electron chi connectivity index (χ3n) is 4.18. The van der Waals surface area contributed by atoms with Gasteiger partial charge in [0.2, 0.25) is 0 Å². The molecule has 1 aliphatic carbocycles. The van der Waals surface area contributed by atoms with Gasteiger partial charge < -0.3 is 4.90 Å². The highest BCUT2D eigenvalue weighted by atomic mass is 15.3. The minimum atomic E-state index is -0.289. The summed E-state index contributed by atoms with van der Waals surface area (Å²) < 4.78 is 0. The van der Waals surface area contributed by atoms with Gasteiger partial charge in [-0.25, -0.2) is 0 Å². The zero-order chi connectivity index (χ0) is 11.6. The highest BCUT2D eigenvalue weighted by Crippen LogP contribution is 2.27. The molecule has 16 heavy (non-hydrogen) atoms. The van der Waals surface area contributed by atoms with Gasteiger partial charge >= 0.3 is 0 Å². The van der Waals surface area contributed by atoms with Crippen molar-refractivity contribution < 1.29 is 0 Å². The molecule has 0 amide bonds. The average molecular weight is 221 g/mol. The molecule has 0 aromatic heterocycles. The summed E-state index contributed by atoms with van der Waals surface area (Å²) in [7, 11) is 0. The van der Waals surface area contributed by atoms with Crippen molar-refractivity contribution in [1.29, 1.82) is 5.26 Å².